The van der Waals surface area contributed by atoms with Crippen LogP contribution < -0.4 is 14.5 Å². The van der Waals surface area contributed by atoms with Gasteiger partial charge in [-0.2, -0.15) is 0 Å². The van der Waals surface area contributed by atoms with Crippen LogP contribution >= 0.6 is 0 Å². The molecule has 1 amide bonds. The predicted molar refractivity (Wildman–Crippen MR) is 105 cm³/mol. The van der Waals surface area contributed by atoms with Gasteiger partial charge in [0.1, 0.15) is 18.0 Å². The number of ether oxygens (including phenoxy) is 2. The molecule has 2 aromatic rings. The maximum absolute atomic E-state index is 12.6. The molecule has 138 valence electrons. The Balaban J connectivity index is 1.95. The molecule has 3 rings (SSSR count). The predicted octanol–water partition coefficient (Wildman–Crippen LogP) is 4.98. The minimum atomic E-state index is -0.535. The van der Waals surface area contributed by atoms with Gasteiger partial charge in [0.15, 0.2) is 0 Å². The minimum absolute atomic E-state index is 0.345. The van der Waals surface area contributed by atoms with Crippen LogP contribution in [0.15, 0.2) is 48.5 Å². The number of nitrogens with zero attached hydrogens (tertiary/aromatic N) is 2. The van der Waals surface area contributed by atoms with Gasteiger partial charge in [-0.3, -0.25) is 4.90 Å². The molecule has 2 aromatic carbocycles. The van der Waals surface area contributed by atoms with Crippen LogP contribution in [0.5, 0.6) is 5.75 Å². The van der Waals surface area contributed by atoms with Gasteiger partial charge in [0.25, 0.3) is 0 Å². The summed E-state index contributed by atoms with van der Waals surface area (Å²) in [5, 5.41) is 0. The van der Waals surface area contributed by atoms with Gasteiger partial charge in [-0.1, -0.05) is 18.2 Å². The number of benzene rings is 2. The van der Waals surface area contributed by atoms with Gasteiger partial charge in [-0.05, 0) is 58.0 Å². The van der Waals surface area contributed by atoms with Crippen molar-refractivity contribution in [3.63, 3.8) is 0 Å². The number of rotatable bonds is 3. The van der Waals surface area contributed by atoms with Crippen molar-refractivity contribution in [3.05, 3.63) is 48.5 Å². The van der Waals surface area contributed by atoms with Crippen molar-refractivity contribution in [3.8, 4) is 5.75 Å². The Morgan fingerprint density at radius 2 is 1.88 bits per heavy atom. The first-order valence-corrected chi connectivity index (χ1v) is 8.99. The summed E-state index contributed by atoms with van der Waals surface area (Å²) in [6, 6.07) is 16.1. The molecule has 0 bridgehead atoms. The summed E-state index contributed by atoms with van der Waals surface area (Å²) in [5.74, 6) is 0.704. The number of hydrogen-bond donors (Lipinski definition) is 0. The molecule has 0 unspecified atom stereocenters. The first-order valence-electron chi connectivity index (χ1n) is 8.99. The van der Waals surface area contributed by atoms with Crippen LogP contribution in [0, 0.1) is 0 Å². The third-order valence-corrected chi connectivity index (χ3v) is 4.12. The van der Waals surface area contributed by atoms with Crippen LogP contribution in [0.4, 0.5) is 21.9 Å². The zero-order chi connectivity index (χ0) is 18.7. The first kappa shape index (κ1) is 18.1. The SMILES string of the molecule is CCN(c1ccccc1)c1ccc2c(c1)N(C(=O)OC(C)(C)C)CCO2. The zero-order valence-corrected chi connectivity index (χ0v) is 15.9. The molecule has 0 aliphatic carbocycles. The summed E-state index contributed by atoms with van der Waals surface area (Å²) in [7, 11) is 0. The van der Waals surface area contributed by atoms with Gasteiger partial charge in [0, 0.05) is 17.9 Å². The largest absolute Gasteiger partial charge is 0.490 e. The normalized spacial score (nSPS) is 13.6. The smallest absolute Gasteiger partial charge is 0.415 e. The van der Waals surface area contributed by atoms with Crippen molar-refractivity contribution in [1.29, 1.82) is 0 Å². The second kappa shape index (κ2) is 7.28. The Hall–Kier alpha value is -2.69. The van der Waals surface area contributed by atoms with Crippen LogP contribution in [-0.2, 0) is 4.74 Å². The highest BCUT2D eigenvalue weighted by atomic mass is 16.6. The van der Waals surface area contributed by atoms with Crippen LogP contribution in [0.2, 0.25) is 0 Å². The summed E-state index contributed by atoms with van der Waals surface area (Å²) < 4.78 is 11.3. The fourth-order valence-electron chi connectivity index (χ4n) is 3.00. The van der Waals surface area contributed by atoms with Gasteiger partial charge < -0.3 is 14.4 Å². The number of fused-ring (bicyclic) bond motifs is 1. The third-order valence-electron chi connectivity index (χ3n) is 4.12. The molecule has 1 aliphatic rings. The number of anilines is 3. The highest BCUT2D eigenvalue weighted by Crippen LogP contribution is 2.37. The molecule has 0 radical (unpaired) electrons. The van der Waals surface area contributed by atoms with Crippen molar-refractivity contribution in [2.24, 2.45) is 0 Å². The molecule has 0 saturated carbocycles. The average Bonchev–Trinajstić information content (AvgIpc) is 2.61. The van der Waals surface area contributed by atoms with E-state index in [-0.39, 0.29) is 6.09 Å². The Kier molecular flexibility index (Phi) is 5.07. The summed E-state index contributed by atoms with van der Waals surface area (Å²) in [6.07, 6.45) is -0.345. The molecule has 1 aliphatic heterocycles. The lowest BCUT2D eigenvalue weighted by Gasteiger charge is -2.33. The van der Waals surface area contributed by atoms with Gasteiger partial charge >= 0.3 is 6.09 Å². The molecule has 5 heteroatoms. The van der Waals surface area contributed by atoms with E-state index >= 15 is 0 Å². The van der Waals surface area contributed by atoms with Crippen LogP contribution in [0.1, 0.15) is 27.7 Å². The standard InChI is InChI=1S/C21H26N2O3/c1-5-22(16-9-7-6-8-10-16)17-11-12-19-18(15-17)23(13-14-25-19)20(24)26-21(2,3)4/h6-12,15H,5,13-14H2,1-4H3. The molecular weight excluding hydrogens is 328 g/mol. The lowest BCUT2D eigenvalue weighted by atomic mass is 10.1. The quantitative estimate of drug-likeness (QED) is 0.780. The highest BCUT2D eigenvalue weighted by molar-refractivity contribution is 5.91. The van der Waals surface area contributed by atoms with E-state index in [1.807, 2.05) is 57.2 Å². The Morgan fingerprint density at radius 1 is 1.15 bits per heavy atom. The fraction of sp³-hybridized carbons (Fsp3) is 0.381. The zero-order valence-electron chi connectivity index (χ0n) is 15.9. The summed E-state index contributed by atoms with van der Waals surface area (Å²) in [6.45, 7) is 9.47. The van der Waals surface area contributed by atoms with Crippen LogP contribution in [-0.4, -0.2) is 31.4 Å². The number of hydrogen-bond acceptors (Lipinski definition) is 4. The van der Waals surface area contributed by atoms with E-state index in [1.165, 1.54) is 0 Å². The fourth-order valence-corrected chi connectivity index (χ4v) is 3.00. The molecule has 5 nitrogen and oxygen atoms in total. The number of para-hydroxylation sites is 1. The Bertz CT molecular complexity index is 769. The maximum atomic E-state index is 12.6. The number of carbonyl (C=O) groups excluding carboxylic acids is 1. The van der Waals surface area contributed by atoms with Gasteiger partial charge in [-0.25, -0.2) is 4.79 Å². The Labute approximate surface area is 155 Å². The lowest BCUT2D eigenvalue weighted by molar-refractivity contribution is 0.0568. The van der Waals surface area contributed by atoms with E-state index in [9.17, 15) is 4.79 Å². The molecule has 26 heavy (non-hydrogen) atoms. The number of amides is 1. The van der Waals surface area contributed by atoms with E-state index in [2.05, 4.69) is 24.0 Å². The minimum Gasteiger partial charge on any atom is -0.490 e. The molecule has 0 saturated heterocycles. The second-order valence-electron chi connectivity index (χ2n) is 7.21. The van der Waals surface area contributed by atoms with Gasteiger partial charge in [-0.15, -0.1) is 0 Å². The van der Waals surface area contributed by atoms with E-state index in [0.29, 0.717) is 18.9 Å². The van der Waals surface area contributed by atoms with Crippen molar-refractivity contribution in [2.45, 2.75) is 33.3 Å². The van der Waals surface area contributed by atoms with Crippen molar-refractivity contribution in [2.75, 3.05) is 29.5 Å². The molecule has 0 aromatic heterocycles. The van der Waals surface area contributed by atoms with Gasteiger partial charge in [0.05, 0.1) is 12.2 Å². The van der Waals surface area contributed by atoms with E-state index < -0.39 is 5.60 Å². The second-order valence-corrected chi connectivity index (χ2v) is 7.21. The first-order chi connectivity index (χ1) is 12.4. The maximum Gasteiger partial charge on any atom is 0.415 e. The third kappa shape index (κ3) is 3.93. The van der Waals surface area contributed by atoms with Gasteiger partial charge in [0.2, 0.25) is 0 Å². The van der Waals surface area contributed by atoms with E-state index in [1.54, 1.807) is 4.90 Å². The van der Waals surface area contributed by atoms with Crippen molar-refractivity contribution < 1.29 is 14.3 Å². The average molecular weight is 354 g/mol. The molecular formula is C21H26N2O3. The van der Waals surface area contributed by atoms with Crippen molar-refractivity contribution >= 4 is 23.2 Å². The van der Waals surface area contributed by atoms with Crippen LogP contribution in [0.3, 0.4) is 0 Å². The molecule has 0 atom stereocenters. The molecule has 1 heterocycles. The highest BCUT2D eigenvalue weighted by Gasteiger charge is 2.29. The lowest BCUT2D eigenvalue weighted by Crippen LogP contribution is -2.41. The van der Waals surface area contributed by atoms with Crippen molar-refractivity contribution in [1.82, 2.24) is 0 Å². The molecule has 0 N–H and O–H groups in total. The molecule has 0 fully saturated rings. The van der Waals surface area contributed by atoms with Crippen LogP contribution in [0.25, 0.3) is 0 Å². The number of carbonyl (C=O) groups is 1. The Morgan fingerprint density at radius 3 is 2.54 bits per heavy atom. The topological polar surface area (TPSA) is 42.0 Å². The summed E-state index contributed by atoms with van der Waals surface area (Å²) in [5.41, 5.74) is 2.33. The summed E-state index contributed by atoms with van der Waals surface area (Å²) >= 11 is 0. The molecule has 0 spiro atoms. The van der Waals surface area contributed by atoms with E-state index in [4.69, 9.17) is 9.47 Å². The summed E-state index contributed by atoms with van der Waals surface area (Å²) in [4.78, 5) is 16.5. The monoisotopic (exact) mass is 354 g/mol. The van der Waals surface area contributed by atoms with E-state index in [0.717, 1.165) is 23.6 Å².